The summed E-state index contributed by atoms with van der Waals surface area (Å²) in [5.41, 5.74) is 4.93. The molecule has 0 aliphatic carbocycles. The van der Waals surface area contributed by atoms with Crippen molar-refractivity contribution >= 4 is 17.9 Å². The molecule has 0 radical (unpaired) electrons. The quantitative estimate of drug-likeness (QED) is 0.401. The van der Waals surface area contributed by atoms with Crippen molar-refractivity contribution in [3.8, 4) is 0 Å². The van der Waals surface area contributed by atoms with E-state index in [0.717, 1.165) is 4.90 Å². The molecule has 0 spiro atoms. The molecule has 0 aliphatic rings. The van der Waals surface area contributed by atoms with E-state index in [1.54, 1.807) is 0 Å². The van der Waals surface area contributed by atoms with E-state index in [-0.39, 0.29) is 26.0 Å². The fourth-order valence-electron chi connectivity index (χ4n) is 1.45. The van der Waals surface area contributed by atoms with Gasteiger partial charge in [-0.3, -0.25) is 4.79 Å². The Kier molecular flexibility index (Phi) is 8.25. The van der Waals surface area contributed by atoms with Gasteiger partial charge in [0.05, 0.1) is 19.3 Å². The van der Waals surface area contributed by atoms with Crippen LogP contribution >= 0.6 is 0 Å². The smallest absolute Gasteiger partial charge is 0.326 e. The molecular formula is C11H21N3O6. The van der Waals surface area contributed by atoms with E-state index < -0.39 is 30.1 Å². The van der Waals surface area contributed by atoms with Crippen molar-refractivity contribution in [3.05, 3.63) is 0 Å². The SMILES string of the molecule is COCC(O)CN(C)C(=O)NC(CCC(N)=O)C(=O)O. The van der Waals surface area contributed by atoms with Crippen LogP contribution in [0.4, 0.5) is 4.79 Å². The van der Waals surface area contributed by atoms with Crippen molar-refractivity contribution in [1.82, 2.24) is 10.2 Å². The first kappa shape index (κ1) is 18.1. The number of carboxylic acid groups (broad SMARTS) is 1. The number of aliphatic carboxylic acids is 1. The standard InChI is InChI=1S/C11H21N3O6/c1-14(5-7(15)6-20-2)11(19)13-8(10(17)18)3-4-9(12)16/h7-8,15H,3-6H2,1-2H3,(H2,12,16)(H,13,19)(H,17,18). The van der Waals surface area contributed by atoms with Crippen molar-refractivity contribution in [2.75, 3.05) is 27.3 Å². The van der Waals surface area contributed by atoms with E-state index in [4.69, 9.17) is 15.6 Å². The number of aliphatic hydroxyl groups is 1. The number of nitrogens with zero attached hydrogens (tertiary/aromatic N) is 1. The molecule has 9 nitrogen and oxygen atoms in total. The molecule has 20 heavy (non-hydrogen) atoms. The van der Waals surface area contributed by atoms with Crippen LogP contribution in [0, 0.1) is 0 Å². The monoisotopic (exact) mass is 291 g/mol. The minimum Gasteiger partial charge on any atom is -0.480 e. The maximum Gasteiger partial charge on any atom is 0.326 e. The zero-order valence-electron chi connectivity index (χ0n) is 11.5. The first-order valence-electron chi connectivity index (χ1n) is 5.97. The zero-order valence-corrected chi connectivity index (χ0v) is 11.5. The predicted molar refractivity (Wildman–Crippen MR) is 68.9 cm³/mol. The van der Waals surface area contributed by atoms with Crippen LogP contribution in [0.3, 0.4) is 0 Å². The van der Waals surface area contributed by atoms with Crippen LogP contribution in [-0.4, -0.2) is 72.5 Å². The van der Waals surface area contributed by atoms with E-state index in [1.165, 1.54) is 14.2 Å². The van der Waals surface area contributed by atoms with Gasteiger partial charge in [-0.1, -0.05) is 0 Å². The maximum atomic E-state index is 11.7. The van der Waals surface area contributed by atoms with Crippen molar-refractivity contribution in [2.24, 2.45) is 5.73 Å². The number of aliphatic hydroxyl groups excluding tert-OH is 1. The van der Waals surface area contributed by atoms with E-state index >= 15 is 0 Å². The number of rotatable bonds is 9. The minimum absolute atomic E-state index is 0.0121. The van der Waals surface area contributed by atoms with Gasteiger partial charge in [0.1, 0.15) is 6.04 Å². The fourth-order valence-corrected chi connectivity index (χ4v) is 1.45. The first-order chi connectivity index (χ1) is 9.27. The molecule has 0 fully saturated rings. The lowest BCUT2D eigenvalue weighted by molar-refractivity contribution is -0.139. The summed E-state index contributed by atoms with van der Waals surface area (Å²) in [7, 11) is 2.81. The van der Waals surface area contributed by atoms with Crippen molar-refractivity contribution in [3.63, 3.8) is 0 Å². The molecule has 5 N–H and O–H groups in total. The number of primary amides is 1. The number of hydrogen-bond acceptors (Lipinski definition) is 5. The van der Waals surface area contributed by atoms with E-state index in [9.17, 15) is 19.5 Å². The number of carboxylic acids is 1. The maximum absolute atomic E-state index is 11.7. The van der Waals surface area contributed by atoms with Gasteiger partial charge >= 0.3 is 12.0 Å². The van der Waals surface area contributed by atoms with E-state index in [2.05, 4.69) is 5.32 Å². The number of ether oxygens (including phenoxy) is 1. The molecule has 0 heterocycles. The number of nitrogens with two attached hydrogens (primary N) is 1. The molecular weight excluding hydrogens is 270 g/mol. The Morgan fingerprint density at radius 1 is 1.40 bits per heavy atom. The van der Waals surface area contributed by atoms with Crippen LogP contribution in [0.25, 0.3) is 0 Å². The van der Waals surface area contributed by atoms with Crippen LogP contribution in [0.1, 0.15) is 12.8 Å². The Morgan fingerprint density at radius 3 is 2.45 bits per heavy atom. The average molecular weight is 291 g/mol. The summed E-state index contributed by atoms with van der Waals surface area (Å²) in [5.74, 6) is -1.90. The molecule has 0 aliphatic heterocycles. The summed E-state index contributed by atoms with van der Waals surface area (Å²) in [6, 6.07) is -1.88. The highest BCUT2D eigenvalue weighted by Crippen LogP contribution is 1.99. The highest BCUT2D eigenvalue weighted by atomic mass is 16.5. The van der Waals surface area contributed by atoms with Crippen LogP contribution in [0.2, 0.25) is 0 Å². The Bertz CT molecular complexity index is 349. The second-order valence-electron chi connectivity index (χ2n) is 4.33. The third-order valence-corrected chi connectivity index (χ3v) is 2.47. The Balaban J connectivity index is 4.36. The highest BCUT2D eigenvalue weighted by Gasteiger charge is 2.23. The summed E-state index contributed by atoms with van der Waals surface area (Å²) >= 11 is 0. The van der Waals surface area contributed by atoms with Gasteiger partial charge in [0.15, 0.2) is 0 Å². The summed E-state index contributed by atoms with van der Waals surface area (Å²) < 4.78 is 4.71. The molecule has 0 aromatic carbocycles. The molecule has 0 saturated heterocycles. The lowest BCUT2D eigenvalue weighted by Gasteiger charge is -2.23. The number of carbonyl (C=O) groups is 3. The number of methoxy groups -OCH3 is 1. The van der Waals surface area contributed by atoms with Gasteiger partial charge in [-0.15, -0.1) is 0 Å². The number of urea groups is 1. The van der Waals surface area contributed by atoms with Crippen LogP contribution in [0.5, 0.6) is 0 Å². The normalized spacial score (nSPS) is 13.3. The molecule has 2 atom stereocenters. The summed E-state index contributed by atoms with van der Waals surface area (Å²) in [6.07, 6.45) is -1.11. The van der Waals surface area contributed by atoms with Crippen molar-refractivity contribution in [1.29, 1.82) is 0 Å². The zero-order chi connectivity index (χ0) is 15.7. The second-order valence-corrected chi connectivity index (χ2v) is 4.33. The first-order valence-corrected chi connectivity index (χ1v) is 5.97. The summed E-state index contributed by atoms with van der Waals surface area (Å²) in [4.78, 5) is 34.4. The number of nitrogens with one attached hydrogen (secondary N) is 1. The third kappa shape index (κ3) is 7.54. The van der Waals surface area contributed by atoms with Gasteiger partial charge in [-0.05, 0) is 6.42 Å². The number of likely N-dealkylation sites (N-methyl/N-ethyl adjacent to an activating group) is 1. The predicted octanol–water partition coefficient (Wildman–Crippen LogP) is -1.65. The van der Waals surface area contributed by atoms with Crippen LogP contribution in [0.15, 0.2) is 0 Å². The van der Waals surface area contributed by atoms with Crippen molar-refractivity contribution in [2.45, 2.75) is 25.0 Å². The molecule has 3 amide bonds. The Hall–Kier alpha value is -1.87. The highest BCUT2D eigenvalue weighted by molar-refractivity contribution is 5.83. The molecule has 0 aromatic rings. The summed E-state index contributed by atoms with van der Waals surface area (Å²) in [6.45, 7) is 0.0451. The summed E-state index contributed by atoms with van der Waals surface area (Å²) in [5, 5.41) is 20.6. The Morgan fingerprint density at radius 2 is 2.00 bits per heavy atom. The van der Waals surface area contributed by atoms with Gasteiger partial charge in [0, 0.05) is 20.6 Å². The van der Waals surface area contributed by atoms with E-state index in [0.29, 0.717) is 0 Å². The number of amides is 3. The van der Waals surface area contributed by atoms with Crippen LogP contribution < -0.4 is 11.1 Å². The van der Waals surface area contributed by atoms with Crippen LogP contribution in [-0.2, 0) is 14.3 Å². The molecule has 9 heteroatoms. The fraction of sp³-hybridized carbons (Fsp3) is 0.727. The van der Waals surface area contributed by atoms with Crippen molar-refractivity contribution < 1.29 is 29.3 Å². The number of carbonyl (C=O) groups excluding carboxylic acids is 2. The average Bonchev–Trinajstić information content (AvgIpc) is 2.33. The lowest BCUT2D eigenvalue weighted by atomic mass is 10.1. The molecule has 0 saturated carbocycles. The van der Waals surface area contributed by atoms with Gasteiger partial charge in [-0.2, -0.15) is 0 Å². The lowest BCUT2D eigenvalue weighted by Crippen LogP contribution is -2.49. The topological polar surface area (TPSA) is 142 Å². The molecule has 2 unspecified atom stereocenters. The Labute approximate surface area is 116 Å². The van der Waals surface area contributed by atoms with E-state index in [1.807, 2.05) is 0 Å². The number of hydrogen-bond donors (Lipinski definition) is 4. The molecule has 0 bridgehead atoms. The molecule has 116 valence electrons. The van der Waals surface area contributed by atoms with Gasteiger partial charge < -0.3 is 30.9 Å². The molecule has 0 rings (SSSR count). The third-order valence-electron chi connectivity index (χ3n) is 2.47. The second kappa shape index (κ2) is 9.10. The van der Waals surface area contributed by atoms with Gasteiger partial charge in [-0.25, -0.2) is 9.59 Å². The molecule has 0 aromatic heterocycles. The van der Waals surface area contributed by atoms with Gasteiger partial charge in [0.25, 0.3) is 0 Å². The minimum atomic E-state index is -1.26. The van der Waals surface area contributed by atoms with Gasteiger partial charge in [0.2, 0.25) is 5.91 Å². The largest absolute Gasteiger partial charge is 0.480 e.